The lowest BCUT2D eigenvalue weighted by molar-refractivity contribution is 0.0588. The molecule has 0 fully saturated rings. The van der Waals surface area contributed by atoms with E-state index in [1.165, 1.54) is 21.3 Å². The molecule has 8 nitrogen and oxygen atoms in total. The number of carbonyl (C=O) groups excluding carboxylic acids is 1. The number of benzene rings is 1. The highest BCUT2D eigenvalue weighted by Crippen LogP contribution is 2.47. The number of rotatable bonds is 10. The minimum atomic E-state index is -0.923. The van der Waals surface area contributed by atoms with E-state index in [0.29, 0.717) is 40.5 Å². The highest BCUT2D eigenvalue weighted by atomic mass is 16.5. The first-order chi connectivity index (χ1) is 13.9. The van der Waals surface area contributed by atoms with Gasteiger partial charge in [-0.25, -0.2) is 4.79 Å². The van der Waals surface area contributed by atoms with Gasteiger partial charge < -0.3 is 34.4 Å². The van der Waals surface area contributed by atoms with Crippen molar-refractivity contribution in [3.8, 4) is 28.4 Å². The summed E-state index contributed by atoms with van der Waals surface area (Å²) in [5, 5.41) is 13.8. The molecule has 0 spiro atoms. The fraction of sp³-hybridized carbons (Fsp3) is 0.476. The largest absolute Gasteiger partial charge is 0.493 e. The average molecular weight is 406 g/mol. The smallest absolute Gasteiger partial charge is 0.354 e. The van der Waals surface area contributed by atoms with E-state index < -0.39 is 12.1 Å². The van der Waals surface area contributed by atoms with Crippen LogP contribution in [0.3, 0.4) is 0 Å². The number of carbonyl (C=O) groups is 1. The summed E-state index contributed by atoms with van der Waals surface area (Å²) in [7, 11) is 5.91. The molecule has 2 rings (SSSR count). The van der Waals surface area contributed by atoms with Gasteiger partial charge in [-0.2, -0.15) is 0 Å². The summed E-state index contributed by atoms with van der Waals surface area (Å²) >= 11 is 0. The number of aromatic amines is 1. The molecule has 1 aromatic heterocycles. The molecule has 3 N–H and O–H groups in total. The summed E-state index contributed by atoms with van der Waals surface area (Å²) < 4.78 is 21.4. The molecular formula is C21H30N2O6. The Morgan fingerprint density at radius 1 is 1.14 bits per heavy atom. The van der Waals surface area contributed by atoms with Gasteiger partial charge in [0.2, 0.25) is 5.75 Å². The standard InChI is InChI=1S/C21H30N2O6/c1-7-10-22-11-14-17(16(12(2)24)18(23-14)21(25)29-6)13-8-9-15(26-3)20(28-5)19(13)27-4/h8-9,12,22-24H,7,10-11H2,1-6H3. The molecule has 1 heterocycles. The molecule has 29 heavy (non-hydrogen) atoms. The van der Waals surface area contributed by atoms with Crippen LogP contribution >= 0.6 is 0 Å². The zero-order valence-electron chi connectivity index (χ0n) is 17.8. The van der Waals surface area contributed by atoms with Gasteiger partial charge >= 0.3 is 5.97 Å². The topological polar surface area (TPSA) is 102 Å². The lowest BCUT2D eigenvalue weighted by atomic mass is 9.95. The van der Waals surface area contributed by atoms with Crippen LogP contribution in [0.5, 0.6) is 17.2 Å². The normalized spacial score (nSPS) is 11.8. The Hall–Kier alpha value is -2.71. The molecule has 1 atom stereocenters. The van der Waals surface area contributed by atoms with Crippen LogP contribution < -0.4 is 19.5 Å². The minimum absolute atomic E-state index is 0.211. The highest BCUT2D eigenvalue weighted by Gasteiger charge is 2.29. The van der Waals surface area contributed by atoms with Crippen LogP contribution in [0.2, 0.25) is 0 Å². The number of aromatic nitrogens is 1. The van der Waals surface area contributed by atoms with Crippen molar-refractivity contribution < 1.29 is 28.8 Å². The molecule has 1 unspecified atom stereocenters. The lowest BCUT2D eigenvalue weighted by Gasteiger charge is -2.18. The number of aliphatic hydroxyl groups is 1. The number of H-pyrrole nitrogens is 1. The second kappa shape index (κ2) is 10.2. The van der Waals surface area contributed by atoms with Crippen molar-refractivity contribution in [3.63, 3.8) is 0 Å². The van der Waals surface area contributed by atoms with E-state index in [4.69, 9.17) is 18.9 Å². The Labute approximate surface area is 171 Å². The quantitative estimate of drug-likeness (QED) is 0.412. The summed E-state index contributed by atoms with van der Waals surface area (Å²) in [6, 6.07) is 3.58. The number of ether oxygens (including phenoxy) is 4. The third-order valence-corrected chi connectivity index (χ3v) is 4.63. The van der Waals surface area contributed by atoms with Gasteiger partial charge in [0.15, 0.2) is 11.5 Å². The van der Waals surface area contributed by atoms with Crippen molar-refractivity contribution in [2.45, 2.75) is 32.9 Å². The molecular weight excluding hydrogens is 376 g/mol. The van der Waals surface area contributed by atoms with Gasteiger partial charge in [-0.15, -0.1) is 0 Å². The predicted octanol–water partition coefficient (Wildman–Crippen LogP) is 3.05. The molecule has 8 heteroatoms. The van der Waals surface area contributed by atoms with Crippen molar-refractivity contribution in [2.75, 3.05) is 35.0 Å². The van der Waals surface area contributed by atoms with Gasteiger partial charge in [0.1, 0.15) is 5.69 Å². The van der Waals surface area contributed by atoms with Gasteiger partial charge in [-0.05, 0) is 32.0 Å². The van der Waals surface area contributed by atoms with Crippen LogP contribution in [0, 0.1) is 0 Å². The Kier molecular flexibility index (Phi) is 7.92. The Morgan fingerprint density at radius 3 is 2.34 bits per heavy atom. The Balaban J connectivity index is 2.81. The molecule has 0 radical (unpaired) electrons. The van der Waals surface area contributed by atoms with Gasteiger partial charge in [0.05, 0.1) is 34.5 Å². The van der Waals surface area contributed by atoms with Gasteiger partial charge in [-0.1, -0.05) is 6.92 Å². The molecule has 0 bridgehead atoms. The Bertz CT molecular complexity index is 844. The second-order valence-electron chi connectivity index (χ2n) is 6.49. The van der Waals surface area contributed by atoms with Crippen molar-refractivity contribution in [2.24, 2.45) is 0 Å². The van der Waals surface area contributed by atoms with Crippen LogP contribution in [0.4, 0.5) is 0 Å². The van der Waals surface area contributed by atoms with Crippen molar-refractivity contribution in [1.29, 1.82) is 0 Å². The first-order valence-electron chi connectivity index (χ1n) is 9.46. The fourth-order valence-corrected chi connectivity index (χ4v) is 3.38. The third kappa shape index (κ3) is 4.49. The number of methoxy groups -OCH3 is 4. The zero-order valence-corrected chi connectivity index (χ0v) is 17.8. The van der Waals surface area contributed by atoms with Crippen molar-refractivity contribution in [3.05, 3.63) is 29.1 Å². The van der Waals surface area contributed by atoms with E-state index >= 15 is 0 Å². The van der Waals surface area contributed by atoms with E-state index in [1.54, 1.807) is 20.1 Å². The summed E-state index contributed by atoms with van der Waals surface area (Å²) in [4.78, 5) is 15.5. The van der Waals surface area contributed by atoms with E-state index in [0.717, 1.165) is 18.7 Å². The second-order valence-corrected chi connectivity index (χ2v) is 6.49. The average Bonchev–Trinajstić information content (AvgIpc) is 3.11. The molecule has 0 saturated heterocycles. The van der Waals surface area contributed by atoms with Crippen LogP contribution in [-0.2, 0) is 11.3 Å². The molecule has 2 aromatic rings. The molecule has 0 aliphatic carbocycles. The summed E-state index contributed by atoms with van der Waals surface area (Å²) in [6.07, 6.45) is 0.0381. The molecule has 0 aliphatic rings. The van der Waals surface area contributed by atoms with E-state index in [-0.39, 0.29) is 5.69 Å². The van der Waals surface area contributed by atoms with Crippen LogP contribution in [0.15, 0.2) is 12.1 Å². The number of nitrogens with one attached hydrogen (secondary N) is 2. The highest BCUT2D eigenvalue weighted by molar-refractivity contribution is 5.94. The maximum Gasteiger partial charge on any atom is 0.354 e. The van der Waals surface area contributed by atoms with Crippen molar-refractivity contribution >= 4 is 5.97 Å². The SMILES string of the molecule is CCCNCc1[nH]c(C(=O)OC)c(C(C)O)c1-c1ccc(OC)c(OC)c1OC. The lowest BCUT2D eigenvalue weighted by Crippen LogP contribution is -2.15. The molecule has 0 aliphatic heterocycles. The van der Waals surface area contributed by atoms with E-state index in [2.05, 4.69) is 17.2 Å². The number of esters is 1. The third-order valence-electron chi connectivity index (χ3n) is 4.63. The van der Waals surface area contributed by atoms with Crippen molar-refractivity contribution in [1.82, 2.24) is 10.3 Å². The summed E-state index contributed by atoms with van der Waals surface area (Å²) in [5.41, 5.74) is 2.72. The summed E-state index contributed by atoms with van der Waals surface area (Å²) in [5.74, 6) is 0.836. The Morgan fingerprint density at radius 2 is 1.83 bits per heavy atom. The van der Waals surface area contributed by atoms with Gasteiger partial charge in [0, 0.05) is 28.9 Å². The van der Waals surface area contributed by atoms with E-state index in [1.807, 2.05) is 6.07 Å². The first kappa shape index (κ1) is 22.6. The van der Waals surface area contributed by atoms with Crippen LogP contribution in [0.1, 0.15) is 48.1 Å². The monoisotopic (exact) mass is 406 g/mol. The maximum atomic E-state index is 12.4. The number of hydrogen-bond acceptors (Lipinski definition) is 7. The van der Waals surface area contributed by atoms with Crippen LogP contribution in [-0.4, -0.2) is 51.0 Å². The molecule has 0 amide bonds. The van der Waals surface area contributed by atoms with Gasteiger partial charge in [-0.3, -0.25) is 0 Å². The molecule has 1 aromatic carbocycles. The van der Waals surface area contributed by atoms with E-state index in [9.17, 15) is 9.90 Å². The molecule has 160 valence electrons. The first-order valence-corrected chi connectivity index (χ1v) is 9.46. The number of aliphatic hydroxyl groups excluding tert-OH is 1. The van der Waals surface area contributed by atoms with Crippen LogP contribution in [0.25, 0.3) is 11.1 Å². The predicted molar refractivity (Wildman–Crippen MR) is 110 cm³/mol. The minimum Gasteiger partial charge on any atom is -0.493 e. The number of hydrogen-bond donors (Lipinski definition) is 3. The molecule has 0 saturated carbocycles. The zero-order chi connectivity index (χ0) is 21.6. The van der Waals surface area contributed by atoms with Gasteiger partial charge in [0.25, 0.3) is 0 Å². The fourth-order valence-electron chi connectivity index (χ4n) is 3.38. The summed E-state index contributed by atoms with van der Waals surface area (Å²) in [6.45, 7) is 4.95. The maximum absolute atomic E-state index is 12.4.